The van der Waals surface area contributed by atoms with Crippen molar-refractivity contribution in [2.75, 3.05) is 0 Å². The van der Waals surface area contributed by atoms with Crippen LogP contribution in [0.1, 0.15) is 17.2 Å². The Morgan fingerprint density at radius 1 is 1.29 bits per heavy atom. The van der Waals surface area contributed by atoms with E-state index in [0.717, 1.165) is 11.3 Å². The molecule has 1 unspecified atom stereocenters. The maximum Gasteiger partial charge on any atom is 0.137 e. The summed E-state index contributed by atoms with van der Waals surface area (Å²) in [6.07, 6.45) is -1.00. The third-order valence-corrected chi connectivity index (χ3v) is 4.61. The molecule has 0 aliphatic heterocycles. The quantitative estimate of drug-likeness (QED) is 0.800. The first-order chi connectivity index (χ1) is 8.00. The number of hydrogen-bond donors (Lipinski definition) is 1. The fraction of sp³-hybridized carbons (Fsp3) is 0.0909. The van der Waals surface area contributed by atoms with Gasteiger partial charge in [0.1, 0.15) is 16.3 Å². The monoisotopic (exact) mass is 354 g/mol. The fourth-order valence-electron chi connectivity index (χ4n) is 1.44. The van der Waals surface area contributed by atoms with E-state index in [4.69, 9.17) is 23.2 Å². The van der Waals surface area contributed by atoms with E-state index < -0.39 is 11.9 Å². The summed E-state index contributed by atoms with van der Waals surface area (Å²) in [5.41, 5.74) is 0.898. The van der Waals surface area contributed by atoms with Crippen LogP contribution >= 0.6 is 50.5 Å². The van der Waals surface area contributed by atoms with Crippen molar-refractivity contribution in [3.63, 3.8) is 0 Å². The Morgan fingerprint density at radius 3 is 2.59 bits per heavy atom. The first-order valence-corrected chi connectivity index (χ1v) is 6.94. The van der Waals surface area contributed by atoms with Crippen LogP contribution in [-0.4, -0.2) is 5.11 Å². The molecule has 1 aromatic heterocycles. The minimum absolute atomic E-state index is 0.228. The van der Waals surface area contributed by atoms with Gasteiger partial charge in [-0.15, -0.1) is 11.3 Å². The van der Waals surface area contributed by atoms with Crippen molar-refractivity contribution in [2.45, 2.75) is 6.10 Å². The molecule has 0 fully saturated rings. The maximum atomic E-state index is 13.3. The summed E-state index contributed by atoms with van der Waals surface area (Å²) in [6.45, 7) is 0. The van der Waals surface area contributed by atoms with Crippen molar-refractivity contribution in [3.05, 3.63) is 54.4 Å². The molecule has 0 bridgehead atoms. The first kappa shape index (κ1) is 13.3. The molecular weight excluding hydrogens is 350 g/mol. The van der Waals surface area contributed by atoms with E-state index >= 15 is 0 Å². The third kappa shape index (κ3) is 2.66. The Labute approximate surface area is 120 Å². The number of rotatable bonds is 2. The lowest BCUT2D eigenvalue weighted by molar-refractivity contribution is 0.219. The molecule has 6 heteroatoms. The number of hydrogen-bond acceptors (Lipinski definition) is 2. The second kappa shape index (κ2) is 5.24. The van der Waals surface area contributed by atoms with Crippen molar-refractivity contribution < 1.29 is 9.50 Å². The van der Waals surface area contributed by atoms with Crippen molar-refractivity contribution in [1.29, 1.82) is 0 Å². The summed E-state index contributed by atoms with van der Waals surface area (Å²) in [7, 11) is 0. The van der Waals surface area contributed by atoms with Crippen molar-refractivity contribution in [3.8, 4) is 0 Å². The zero-order valence-electron chi connectivity index (χ0n) is 8.25. The Morgan fingerprint density at radius 2 is 2.00 bits per heavy atom. The van der Waals surface area contributed by atoms with Crippen LogP contribution in [0.3, 0.4) is 0 Å². The smallest absolute Gasteiger partial charge is 0.137 e. The van der Waals surface area contributed by atoms with Gasteiger partial charge in [-0.05, 0) is 28.1 Å². The SMILES string of the molecule is OC(c1cc(Cl)sc1Cl)c1cccc(F)c1Br. The van der Waals surface area contributed by atoms with Gasteiger partial charge in [0.15, 0.2) is 0 Å². The normalized spacial score (nSPS) is 12.8. The zero-order valence-corrected chi connectivity index (χ0v) is 12.2. The van der Waals surface area contributed by atoms with E-state index in [0.29, 0.717) is 19.8 Å². The van der Waals surface area contributed by atoms with Gasteiger partial charge in [-0.1, -0.05) is 35.3 Å². The number of benzene rings is 1. The second-order valence-corrected chi connectivity index (χ2v) is 6.40. The molecule has 90 valence electrons. The standard InChI is InChI=1S/C11H6BrCl2FOS/c12-9-5(2-1-3-7(9)15)10(16)6-4-8(13)17-11(6)14/h1-4,10,16H. The highest BCUT2D eigenvalue weighted by molar-refractivity contribution is 9.10. The van der Waals surface area contributed by atoms with E-state index in [1.54, 1.807) is 12.1 Å². The van der Waals surface area contributed by atoms with Crippen LogP contribution in [0.2, 0.25) is 8.67 Å². The lowest BCUT2D eigenvalue weighted by Gasteiger charge is -2.12. The van der Waals surface area contributed by atoms with Gasteiger partial charge in [-0.2, -0.15) is 0 Å². The van der Waals surface area contributed by atoms with Gasteiger partial charge in [0.05, 0.1) is 8.81 Å². The maximum absolute atomic E-state index is 13.3. The van der Waals surface area contributed by atoms with Gasteiger partial charge in [-0.25, -0.2) is 4.39 Å². The first-order valence-electron chi connectivity index (χ1n) is 4.57. The molecule has 1 N–H and O–H groups in total. The van der Waals surface area contributed by atoms with Crippen molar-refractivity contribution >= 4 is 50.5 Å². The highest BCUT2D eigenvalue weighted by Gasteiger charge is 2.20. The molecule has 0 aliphatic carbocycles. The highest BCUT2D eigenvalue weighted by atomic mass is 79.9. The Kier molecular flexibility index (Phi) is 4.10. The van der Waals surface area contributed by atoms with E-state index in [9.17, 15) is 9.50 Å². The van der Waals surface area contributed by atoms with E-state index in [1.807, 2.05) is 0 Å². The number of halogens is 4. The number of aliphatic hydroxyl groups is 1. The van der Waals surface area contributed by atoms with E-state index in [1.165, 1.54) is 12.1 Å². The summed E-state index contributed by atoms with van der Waals surface area (Å²) in [5, 5.41) is 10.2. The minimum Gasteiger partial charge on any atom is -0.384 e. The van der Waals surface area contributed by atoms with Crippen molar-refractivity contribution in [1.82, 2.24) is 0 Å². The summed E-state index contributed by atoms with van der Waals surface area (Å²) in [5.74, 6) is -0.431. The molecule has 0 spiro atoms. The van der Waals surface area contributed by atoms with Crippen molar-refractivity contribution in [2.24, 2.45) is 0 Å². The summed E-state index contributed by atoms with van der Waals surface area (Å²) >= 11 is 16.0. The Balaban J connectivity index is 2.47. The zero-order chi connectivity index (χ0) is 12.6. The van der Waals surface area contributed by atoms with Gasteiger partial charge < -0.3 is 5.11 Å². The largest absolute Gasteiger partial charge is 0.384 e. The molecule has 1 aromatic carbocycles. The lowest BCUT2D eigenvalue weighted by Crippen LogP contribution is -2.00. The third-order valence-electron chi connectivity index (χ3n) is 2.25. The molecule has 0 saturated carbocycles. The number of thiophene rings is 1. The number of aliphatic hydroxyl groups excluding tert-OH is 1. The van der Waals surface area contributed by atoms with Crippen LogP contribution in [0.4, 0.5) is 4.39 Å². The molecule has 0 aliphatic rings. The highest BCUT2D eigenvalue weighted by Crippen LogP contribution is 2.39. The molecule has 0 radical (unpaired) electrons. The Bertz CT molecular complexity index is 558. The molecule has 2 aromatic rings. The van der Waals surface area contributed by atoms with Gasteiger partial charge in [0.25, 0.3) is 0 Å². The van der Waals surface area contributed by atoms with Crippen LogP contribution in [0.25, 0.3) is 0 Å². The van der Waals surface area contributed by atoms with Crippen LogP contribution in [-0.2, 0) is 0 Å². The molecule has 17 heavy (non-hydrogen) atoms. The lowest BCUT2D eigenvalue weighted by atomic mass is 10.0. The summed E-state index contributed by atoms with van der Waals surface area (Å²) < 4.78 is 14.5. The molecular formula is C11H6BrCl2FOS. The summed E-state index contributed by atoms with van der Waals surface area (Å²) in [6, 6.07) is 6.04. The Hall–Kier alpha value is -0.130. The van der Waals surface area contributed by atoms with Crippen LogP contribution in [0.5, 0.6) is 0 Å². The predicted molar refractivity (Wildman–Crippen MR) is 72.5 cm³/mol. The predicted octanol–water partition coefficient (Wildman–Crippen LogP) is 5.04. The van der Waals surface area contributed by atoms with Gasteiger partial charge >= 0.3 is 0 Å². The van der Waals surface area contributed by atoms with E-state index in [-0.39, 0.29) is 4.47 Å². The minimum atomic E-state index is -1.00. The van der Waals surface area contributed by atoms with Gasteiger partial charge in [0, 0.05) is 11.1 Å². The van der Waals surface area contributed by atoms with E-state index in [2.05, 4.69) is 15.9 Å². The molecule has 2 rings (SSSR count). The molecule has 1 atom stereocenters. The molecule has 1 nitrogen and oxygen atoms in total. The topological polar surface area (TPSA) is 20.2 Å². The van der Waals surface area contributed by atoms with Crippen LogP contribution < -0.4 is 0 Å². The molecule has 0 amide bonds. The van der Waals surface area contributed by atoms with Gasteiger partial charge in [0.2, 0.25) is 0 Å². The van der Waals surface area contributed by atoms with Crippen LogP contribution in [0, 0.1) is 5.82 Å². The molecule has 0 saturated heterocycles. The van der Waals surface area contributed by atoms with Crippen LogP contribution in [0.15, 0.2) is 28.7 Å². The fourth-order valence-corrected chi connectivity index (χ4v) is 3.44. The summed E-state index contributed by atoms with van der Waals surface area (Å²) in [4.78, 5) is 0. The molecule has 1 heterocycles. The average molecular weight is 356 g/mol. The second-order valence-electron chi connectivity index (χ2n) is 3.33. The van der Waals surface area contributed by atoms with Gasteiger partial charge in [-0.3, -0.25) is 0 Å². The average Bonchev–Trinajstić information content (AvgIpc) is 2.61.